The average Bonchev–Trinajstić information content (AvgIpc) is 2.08. The van der Waals surface area contributed by atoms with E-state index in [1.54, 1.807) is 0 Å². The van der Waals surface area contributed by atoms with Crippen molar-refractivity contribution in [2.24, 2.45) is 0 Å². The summed E-state index contributed by atoms with van der Waals surface area (Å²) in [4.78, 5) is 0. The first-order valence-corrected chi connectivity index (χ1v) is 5.93. The van der Waals surface area contributed by atoms with Crippen molar-refractivity contribution in [3.05, 3.63) is 11.1 Å². The van der Waals surface area contributed by atoms with Gasteiger partial charge in [0.05, 0.1) is 12.2 Å². The monoisotopic (exact) mass is 169 g/mol. The lowest BCUT2D eigenvalue weighted by atomic mass is 10.2. The molecule has 3 heteroatoms. The first-order chi connectivity index (χ1) is 5.07. The molecule has 0 saturated carbocycles. The second kappa shape index (κ2) is 2.83. The molecule has 1 rings (SSSR count). The summed E-state index contributed by atoms with van der Waals surface area (Å²) >= 11 is 0. The van der Waals surface area contributed by atoms with E-state index in [2.05, 4.69) is 0 Å². The molecule has 1 heterocycles. The van der Waals surface area contributed by atoms with Crippen molar-refractivity contribution in [2.45, 2.75) is 13.8 Å². The van der Waals surface area contributed by atoms with Crippen LogP contribution in [-0.2, 0) is 4.57 Å². The number of hydrogen-bond acceptors (Lipinski definition) is 2. The van der Waals surface area contributed by atoms with Crippen molar-refractivity contribution >= 4 is 7.14 Å². The van der Waals surface area contributed by atoms with Crippen LogP contribution in [0.15, 0.2) is 11.1 Å². The van der Waals surface area contributed by atoms with Crippen molar-refractivity contribution in [1.29, 1.82) is 5.26 Å². The van der Waals surface area contributed by atoms with Gasteiger partial charge in [0.25, 0.3) is 0 Å². The maximum Gasteiger partial charge on any atom is 0.109 e. The van der Waals surface area contributed by atoms with Gasteiger partial charge in [0.2, 0.25) is 0 Å². The molecule has 2 nitrogen and oxygen atoms in total. The number of allylic oxidation sites excluding steroid dienone is 2. The first-order valence-electron chi connectivity index (χ1n) is 3.67. The highest BCUT2D eigenvalue weighted by Gasteiger charge is 2.29. The largest absolute Gasteiger partial charge is 0.322 e. The van der Waals surface area contributed by atoms with Crippen LogP contribution in [0.1, 0.15) is 13.8 Å². The molecule has 11 heavy (non-hydrogen) atoms. The Labute approximate surface area is 67.3 Å². The molecule has 0 saturated heterocycles. The molecule has 0 unspecified atom stereocenters. The molecule has 1 aliphatic heterocycles. The summed E-state index contributed by atoms with van der Waals surface area (Å²) in [7, 11) is -2.12. The molecule has 0 N–H and O–H groups in total. The zero-order valence-electron chi connectivity index (χ0n) is 6.92. The molecule has 0 aliphatic carbocycles. The summed E-state index contributed by atoms with van der Waals surface area (Å²) in [5.41, 5.74) is 2.45. The second-order valence-electron chi connectivity index (χ2n) is 3.25. The molecule has 0 aromatic heterocycles. The third-order valence-electron chi connectivity index (χ3n) is 2.14. The van der Waals surface area contributed by atoms with Gasteiger partial charge in [-0.3, -0.25) is 0 Å². The van der Waals surface area contributed by atoms with Gasteiger partial charge >= 0.3 is 0 Å². The van der Waals surface area contributed by atoms with E-state index in [1.807, 2.05) is 19.9 Å². The molecular formula is C8H12NOP. The lowest BCUT2D eigenvalue weighted by Crippen LogP contribution is -1.90. The third-order valence-corrected chi connectivity index (χ3v) is 4.96. The minimum absolute atomic E-state index is 0.252. The summed E-state index contributed by atoms with van der Waals surface area (Å²) in [6.07, 6.45) is 1.60. The zero-order valence-corrected chi connectivity index (χ0v) is 7.82. The molecule has 0 radical (unpaired) electrons. The second-order valence-corrected chi connectivity index (χ2v) is 6.32. The maximum atomic E-state index is 11.8. The van der Waals surface area contributed by atoms with E-state index >= 15 is 0 Å². The van der Waals surface area contributed by atoms with Crippen LogP contribution in [0, 0.1) is 11.3 Å². The highest BCUT2D eigenvalue weighted by molar-refractivity contribution is 7.65. The van der Waals surface area contributed by atoms with Crippen LogP contribution in [0.25, 0.3) is 0 Å². The fraction of sp³-hybridized carbons (Fsp3) is 0.625. The van der Waals surface area contributed by atoms with E-state index in [0.717, 1.165) is 0 Å². The van der Waals surface area contributed by atoms with E-state index in [4.69, 9.17) is 5.26 Å². The Balaban J connectivity index is 2.74. The first kappa shape index (κ1) is 8.56. The van der Waals surface area contributed by atoms with Gasteiger partial charge in [-0.15, -0.1) is 0 Å². The van der Waals surface area contributed by atoms with Crippen molar-refractivity contribution in [2.75, 3.05) is 18.5 Å². The van der Waals surface area contributed by atoms with Crippen LogP contribution in [-0.4, -0.2) is 18.5 Å². The van der Waals surface area contributed by atoms with Crippen LogP contribution >= 0.6 is 7.14 Å². The van der Waals surface area contributed by atoms with Crippen LogP contribution in [0.3, 0.4) is 0 Å². The molecule has 0 amide bonds. The van der Waals surface area contributed by atoms with Crippen molar-refractivity contribution in [1.82, 2.24) is 0 Å². The van der Waals surface area contributed by atoms with Gasteiger partial charge in [0, 0.05) is 12.3 Å². The van der Waals surface area contributed by atoms with Crippen molar-refractivity contribution < 1.29 is 4.57 Å². The Morgan fingerprint density at radius 1 is 1.45 bits per heavy atom. The van der Waals surface area contributed by atoms with Gasteiger partial charge in [-0.05, 0) is 13.8 Å². The number of hydrogen-bond donors (Lipinski definition) is 0. The van der Waals surface area contributed by atoms with E-state index in [9.17, 15) is 4.57 Å². The molecular weight excluding hydrogens is 157 g/mol. The van der Waals surface area contributed by atoms with Crippen LogP contribution in [0.2, 0.25) is 0 Å². The fourth-order valence-electron chi connectivity index (χ4n) is 1.43. The Morgan fingerprint density at radius 2 is 1.91 bits per heavy atom. The molecule has 0 atom stereocenters. The topological polar surface area (TPSA) is 40.9 Å². The third kappa shape index (κ3) is 1.73. The van der Waals surface area contributed by atoms with Gasteiger partial charge in [-0.2, -0.15) is 5.26 Å². The number of nitrogens with zero attached hydrogens (tertiary/aromatic N) is 1. The molecule has 0 bridgehead atoms. The standard InChI is InChI=1S/C8H12NOP/c1-7-5-11(10,4-3-9)6-8(7)2/h4-6H2,1-2H3. The van der Waals surface area contributed by atoms with Crippen LogP contribution < -0.4 is 0 Å². The minimum atomic E-state index is -2.12. The Hall–Kier alpha value is -0.540. The van der Waals surface area contributed by atoms with Crippen molar-refractivity contribution in [3.63, 3.8) is 0 Å². The lowest BCUT2D eigenvalue weighted by Gasteiger charge is -2.04. The normalized spacial score (nSPS) is 21.9. The number of rotatable bonds is 1. The number of nitriles is 1. The van der Waals surface area contributed by atoms with Crippen molar-refractivity contribution in [3.8, 4) is 6.07 Å². The van der Waals surface area contributed by atoms with E-state index in [1.165, 1.54) is 11.1 Å². The summed E-state index contributed by atoms with van der Waals surface area (Å²) in [6.45, 7) is 4.01. The van der Waals surface area contributed by atoms with Gasteiger partial charge in [0.1, 0.15) is 7.14 Å². The van der Waals surface area contributed by atoms with E-state index in [0.29, 0.717) is 12.3 Å². The fourth-order valence-corrected chi connectivity index (χ4v) is 4.29. The van der Waals surface area contributed by atoms with Crippen LogP contribution in [0.5, 0.6) is 0 Å². The SMILES string of the molecule is CC1=C(C)CP(=O)(CC#N)C1. The molecule has 0 fully saturated rings. The Morgan fingerprint density at radius 3 is 2.27 bits per heavy atom. The quantitative estimate of drug-likeness (QED) is 0.446. The lowest BCUT2D eigenvalue weighted by molar-refractivity contribution is 0.581. The minimum Gasteiger partial charge on any atom is -0.322 e. The summed E-state index contributed by atoms with van der Waals surface area (Å²) in [5.74, 6) is 0. The molecule has 0 aromatic carbocycles. The molecule has 0 spiro atoms. The molecule has 1 aliphatic rings. The van der Waals surface area contributed by atoms with Gasteiger partial charge < -0.3 is 4.57 Å². The summed E-state index contributed by atoms with van der Waals surface area (Å²) < 4.78 is 11.8. The van der Waals surface area contributed by atoms with Gasteiger partial charge in [0.15, 0.2) is 0 Å². The van der Waals surface area contributed by atoms with Gasteiger partial charge in [-0.1, -0.05) is 11.1 Å². The molecule has 60 valence electrons. The Kier molecular flexibility index (Phi) is 2.20. The van der Waals surface area contributed by atoms with Gasteiger partial charge in [-0.25, -0.2) is 0 Å². The van der Waals surface area contributed by atoms with E-state index < -0.39 is 7.14 Å². The zero-order chi connectivity index (χ0) is 8.48. The average molecular weight is 169 g/mol. The Bertz CT molecular complexity index is 267. The smallest absolute Gasteiger partial charge is 0.109 e. The highest BCUT2D eigenvalue weighted by Crippen LogP contribution is 2.53. The predicted molar refractivity (Wildman–Crippen MR) is 46.2 cm³/mol. The summed E-state index contributed by atoms with van der Waals surface area (Å²) in [5, 5.41) is 8.42. The summed E-state index contributed by atoms with van der Waals surface area (Å²) in [6, 6.07) is 2.00. The predicted octanol–water partition coefficient (Wildman–Crippen LogP) is 2.22. The van der Waals surface area contributed by atoms with E-state index in [-0.39, 0.29) is 6.16 Å². The maximum absolute atomic E-state index is 11.8. The highest BCUT2D eigenvalue weighted by atomic mass is 31.2. The van der Waals surface area contributed by atoms with Crippen LogP contribution in [0.4, 0.5) is 0 Å². The molecule has 0 aromatic rings.